The third-order valence-corrected chi connectivity index (χ3v) is 4.40. The van der Waals surface area contributed by atoms with E-state index in [1.165, 1.54) is 25.2 Å². The third kappa shape index (κ3) is 3.09. The Morgan fingerprint density at radius 2 is 1.80 bits per heavy atom. The van der Waals surface area contributed by atoms with E-state index in [9.17, 15) is 22.8 Å². The van der Waals surface area contributed by atoms with Crippen molar-refractivity contribution < 1.29 is 22.8 Å². The van der Waals surface area contributed by atoms with Gasteiger partial charge in [-0.1, -0.05) is 12.1 Å². The van der Waals surface area contributed by atoms with Gasteiger partial charge in [-0.3, -0.25) is 9.59 Å². The molecular weight excluding hydrogens is 333 g/mol. The molecule has 130 valence electrons. The molecule has 2 aromatic carbocycles. The molecule has 0 unspecified atom stereocenters. The van der Waals surface area contributed by atoms with Gasteiger partial charge in [-0.2, -0.15) is 0 Å². The Hall–Kier alpha value is -2.83. The first-order chi connectivity index (χ1) is 11.8. The maximum Gasteiger partial charge on any atom is 0.250 e. The van der Waals surface area contributed by atoms with E-state index in [-0.39, 0.29) is 17.2 Å². The number of nitrogens with two attached hydrogens (primary N) is 1. The molecular formula is C18H15F3N2O2. The highest BCUT2D eigenvalue weighted by atomic mass is 19.2. The van der Waals surface area contributed by atoms with E-state index in [0.717, 1.165) is 23.1 Å². The number of para-hydroxylation sites is 1. The van der Waals surface area contributed by atoms with Crippen LogP contribution in [0.5, 0.6) is 0 Å². The lowest BCUT2D eigenvalue weighted by Crippen LogP contribution is -2.31. The van der Waals surface area contributed by atoms with Crippen molar-refractivity contribution in [1.82, 2.24) is 0 Å². The molecule has 2 atom stereocenters. The van der Waals surface area contributed by atoms with Crippen LogP contribution in [0.2, 0.25) is 0 Å². The van der Waals surface area contributed by atoms with Crippen molar-refractivity contribution in [2.45, 2.75) is 12.3 Å². The van der Waals surface area contributed by atoms with Crippen LogP contribution in [0.25, 0.3) is 0 Å². The molecule has 1 aliphatic rings. The van der Waals surface area contributed by atoms with Crippen LogP contribution in [0.1, 0.15) is 28.3 Å². The zero-order chi connectivity index (χ0) is 18.3. The molecule has 0 aromatic heterocycles. The van der Waals surface area contributed by atoms with Gasteiger partial charge in [0.05, 0.1) is 11.3 Å². The second-order valence-corrected chi connectivity index (χ2v) is 6.02. The van der Waals surface area contributed by atoms with Crippen LogP contribution < -0.4 is 10.6 Å². The molecule has 3 rings (SSSR count). The van der Waals surface area contributed by atoms with Gasteiger partial charge >= 0.3 is 0 Å². The molecule has 0 spiro atoms. The molecule has 2 N–H and O–H groups in total. The minimum Gasteiger partial charge on any atom is -0.366 e. The summed E-state index contributed by atoms with van der Waals surface area (Å²) < 4.78 is 40.5. The molecule has 1 saturated carbocycles. The van der Waals surface area contributed by atoms with Gasteiger partial charge < -0.3 is 10.6 Å². The number of hydrogen-bond donors (Lipinski definition) is 1. The highest BCUT2D eigenvalue weighted by molar-refractivity contribution is 6.05. The van der Waals surface area contributed by atoms with Crippen LogP contribution in [0.4, 0.5) is 18.9 Å². The predicted molar refractivity (Wildman–Crippen MR) is 85.5 cm³/mol. The van der Waals surface area contributed by atoms with Crippen LogP contribution in [0.3, 0.4) is 0 Å². The molecule has 0 bridgehead atoms. The van der Waals surface area contributed by atoms with Crippen molar-refractivity contribution in [2.75, 3.05) is 11.9 Å². The monoisotopic (exact) mass is 348 g/mol. The van der Waals surface area contributed by atoms with Gasteiger partial charge in [-0.25, -0.2) is 13.2 Å². The van der Waals surface area contributed by atoms with Gasteiger partial charge in [0.2, 0.25) is 5.91 Å². The smallest absolute Gasteiger partial charge is 0.250 e. The van der Waals surface area contributed by atoms with Crippen LogP contribution in [-0.4, -0.2) is 18.9 Å². The van der Waals surface area contributed by atoms with Crippen molar-refractivity contribution in [2.24, 2.45) is 11.7 Å². The van der Waals surface area contributed by atoms with Crippen molar-refractivity contribution in [1.29, 1.82) is 0 Å². The SMILES string of the molecule is CN(C(=O)[C@@H]1C[C@@H]1c1ccc(F)c(F)c1)c1c(F)cccc1C(N)=O. The zero-order valence-corrected chi connectivity index (χ0v) is 13.3. The van der Waals surface area contributed by atoms with Crippen molar-refractivity contribution in [3.8, 4) is 0 Å². The summed E-state index contributed by atoms with van der Waals surface area (Å²) in [6, 6.07) is 7.30. The van der Waals surface area contributed by atoms with Crippen molar-refractivity contribution >= 4 is 17.5 Å². The number of amides is 2. The van der Waals surface area contributed by atoms with E-state index >= 15 is 0 Å². The highest BCUT2D eigenvalue weighted by Crippen LogP contribution is 2.49. The van der Waals surface area contributed by atoms with Crippen LogP contribution >= 0.6 is 0 Å². The van der Waals surface area contributed by atoms with Crippen LogP contribution in [0.15, 0.2) is 36.4 Å². The summed E-state index contributed by atoms with van der Waals surface area (Å²) in [5, 5.41) is 0. The van der Waals surface area contributed by atoms with E-state index in [2.05, 4.69) is 0 Å². The number of primary amides is 1. The Balaban J connectivity index is 1.83. The standard InChI is InChI=1S/C18H15F3N2O2/c1-23(16-10(17(22)24)3-2-4-14(16)20)18(25)12-8-11(12)9-5-6-13(19)15(21)7-9/h2-7,11-12H,8H2,1H3,(H2,22,24)/t11-,12-/m1/s1. The number of halogens is 3. The first-order valence-electron chi connectivity index (χ1n) is 7.62. The maximum atomic E-state index is 14.1. The topological polar surface area (TPSA) is 63.4 Å². The van der Waals surface area contributed by atoms with Crippen LogP contribution in [-0.2, 0) is 4.79 Å². The molecule has 0 saturated heterocycles. The minimum absolute atomic E-state index is 0.0964. The highest BCUT2D eigenvalue weighted by Gasteiger charge is 2.46. The molecule has 4 nitrogen and oxygen atoms in total. The molecule has 2 amide bonds. The number of nitrogens with zero attached hydrogens (tertiary/aromatic N) is 1. The Morgan fingerprint density at radius 3 is 2.44 bits per heavy atom. The van der Waals surface area contributed by atoms with Gasteiger partial charge in [0.25, 0.3) is 5.91 Å². The summed E-state index contributed by atoms with van der Waals surface area (Å²) in [6.45, 7) is 0. The fourth-order valence-electron chi connectivity index (χ4n) is 2.99. The Bertz CT molecular complexity index is 869. The first kappa shape index (κ1) is 17.0. The minimum atomic E-state index is -0.978. The molecule has 7 heteroatoms. The quantitative estimate of drug-likeness (QED) is 0.923. The molecule has 1 aliphatic carbocycles. The fourth-order valence-corrected chi connectivity index (χ4v) is 2.99. The van der Waals surface area contributed by atoms with Gasteiger partial charge in [0.15, 0.2) is 11.6 Å². The number of carbonyl (C=O) groups excluding carboxylic acids is 2. The molecule has 2 aromatic rings. The zero-order valence-electron chi connectivity index (χ0n) is 13.3. The fraction of sp³-hybridized carbons (Fsp3) is 0.222. The Morgan fingerprint density at radius 1 is 1.08 bits per heavy atom. The second kappa shape index (κ2) is 6.23. The van der Waals surface area contributed by atoms with E-state index in [1.807, 2.05) is 0 Å². The normalized spacial score (nSPS) is 18.7. The number of carbonyl (C=O) groups is 2. The molecule has 0 aliphatic heterocycles. The summed E-state index contributed by atoms with van der Waals surface area (Å²) >= 11 is 0. The van der Waals surface area contributed by atoms with Gasteiger partial charge in [-0.15, -0.1) is 0 Å². The number of anilines is 1. The van der Waals surface area contributed by atoms with E-state index in [0.29, 0.717) is 12.0 Å². The number of hydrogen-bond acceptors (Lipinski definition) is 2. The summed E-state index contributed by atoms with van der Waals surface area (Å²) in [6.07, 6.45) is 0.439. The van der Waals surface area contributed by atoms with E-state index < -0.39 is 35.2 Å². The van der Waals surface area contributed by atoms with Gasteiger partial charge in [-0.05, 0) is 42.2 Å². The molecule has 25 heavy (non-hydrogen) atoms. The van der Waals surface area contributed by atoms with Crippen molar-refractivity contribution in [3.63, 3.8) is 0 Å². The predicted octanol–water partition coefficient (Wildman–Crippen LogP) is 2.97. The lowest BCUT2D eigenvalue weighted by atomic mass is 10.1. The Kier molecular flexibility index (Phi) is 4.24. The van der Waals surface area contributed by atoms with Gasteiger partial charge in [0, 0.05) is 13.0 Å². The largest absolute Gasteiger partial charge is 0.366 e. The molecule has 1 fully saturated rings. The lowest BCUT2D eigenvalue weighted by molar-refractivity contribution is -0.119. The summed E-state index contributed by atoms with van der Waals surface area (Å²) in [7, 11) is 1.35. The Labute approximate surface area is 142 Å². The maximum absolute atomic E-state index is 14.1. The number of benzene rings is 2. The van der Waals surface area contributed by atoms with Crippen molar-refractivity contribution in [3.05, 3.63) is 65.0 Å². The van der Waals surface area contributed by atoms with Gasteiger partial charge in [0.1, 0.15) is 5.82 Å². The second-order valence-electron chi connectivity index (χ2n) is 6.02. The summed E-state index contributed by atoms with van der Waals surface area (Å²) in [5.74, 6) is -4.69. The summed E-state index contributed by atoms with van der Waals surface area (Å²) in [5.41, 5.74) is 5.47. The average molecular weight is 348 g/mol. The van der Waals surface area contributed by atoms with E-state index in [1.54, 1.807) is 0 Å². The molecule has 0 radical (unpaired) electrons. The van der Waals surface area contributed by atoms with Crippen LogP contribution in [0, 0.1) is 23.4 Å². The lowest BCUT2D eigenvalue weighted by Gasteiger charge is -2.20. The average Bonchev–Trinajstić information content (AvgIpc) is 3.36. The van der Waals surface area contributed by atoms with E-state index in [4.69, 9.17) is 5.73 Å². The summed E-state index contributed by atoms with van der Waals surface area (Å²) in [4.78, 5) is 25.1. The first-order valence-corrected chi connectivity index (χ1v) is 7.62. The number of rotatable bonds is 4. The third-order valence-electron chi connectivity index (χ3n) is 4.40. The molecule has 0 heterocycles.